The molecule has 2 N–H and O–H groups in total. The number of carbonyl (C=O) groups is 2. The number of carbonyl (C=O) groups excluding carboxylic acids is 1. The lowest BCUT2D eigenvalue weighted by atomic mass is 10.1. The third-order valence-corrected chi connectivity index (χ3v) is 2.92. The van der Waals surface area contributed by atoms with Gasteiger partial charge in [0.25, 0.3) is 0 Å². The number of carboxylic acids is 1. The minimum Gasteiger partial charge on any atom is -0.477 e. The molecule has 1 aliphatic rings. The Kier molecular flexibility index (Phi) is 3.89. The third-order valence-electron chi connectivity index (χ3n) is 2.92. The highest BCUT2D eigenvalue weighted by atomic mass is 16.4. The molecule has 0 aliphatic heterocycles. The van der Waals surface area contributed by atoms with Gasteiger partial charge in [-0.1, -0.05) is 19.9 Å². The van der Waals surface area contributed by atoms with E-state index in [-0.39, 0.29) is 29.4 Å². The average molecular weight is 236 g/mol. The smallest absolute Gasteiger partial charge is 0.352 e. The Morgan fingerprint density at radius 2 is 2.18 bits per heavy atom. The van der Waals surface area contributed by atoms with Crippen LogP contribution in [0.15, 0.2) is 11.8 Å². The average Bonchev–Trinajstić information content (AvgIpc) is 2.86. The summed E-state index contributed by atoms with van der Waals surface area (Å²) in [6.07, 6.45) is 2.72. The minimum absolute atomic E-state index is 0.0274. The van der Waals surface area contributed by atoms with Gasteiger partial charge in [0.2, 0.25) is 5.91 Å². The molecule has 1 saturated carbocycles. The summed E-state index contributed by atoms with van der Waals surface area (Å²) in [5.74, 6) is -1.53. The van der Waals surface area contributed by atoms with Crippen LogP contribution in [0.1, 0.15) is 33.1 Å². The number of aliphatic carboxylic acids is 1. The van der Waals surface area contributed by atoms with Crippen molar-refractivity contribution in [3.05, 3.63) is 11.8 Å². The first-order chi connectivity index (χ1) is 7.88. The molecule has 0 bridgehead atoms. The molecule has 0 spiro atoms. The fourth-order valence-corrected chi connectivity index (χ4v) is 1.61. The lowest BCUT2D eigenvalue weighted by Gasteiger charge is -2.06. The third kappa shape index (κ3) is 3.59. The molecule has 0 radical (unpaired) electrons. The highest BCUT2D eigenvalue weighted by Crippen LogP contribution is 2.51. The van der Waals surface area contributed by atoms with Gasteiger partial charge in [0.15, 0.2) is 0 Å². The summed E-state index contributed by atoms with van der Waals surface area (Å²) in [5.41, 5.74) is -0.159. The van der Waals surface area contributed by atoms with Crippen LogP contribution in [-0.4, -0.2) is 17.0 Å². The second-order valence-corrected chi connectivity index (χ2v) is 4.85. The van der Waals surface area contributed by atoms with Crippen molar-refractivity contribution >= 4 is 11.9 Å². The summed E-state index contributed by atoms with van der Waals surface area (Å²) in [7, 11) is 0. The summed E-state index contributed by atoms with van der Waals surface area (Å²) in [4.78, 5) is 22.6. The van der Waals surface area contributed by atoms with E-state index >= 15 is 0 Å². The van der Waals surface area contributed by atoms with Gasteiger partial charge in [-0.25, -0.2) is 4.79 Å². The van der Waals surface area contributed by atoms with Crippen LogP contribution in [-0.2, 0) is 9.59 Å². The van der Waals surface area contributed by atoms with E-state index in [9.17, 15) is 9.59 Å². The first-order valence-electron chi connectivity index (χ1n) is 5.50. The molecule has 17 heavy (non-hydrogen) atoms. The van der Waals surface area contributed by atoms with Crippen LogP contribution < -0.4 is 5.32 Å². The number of amides is 1. The van der Waals surface area contributed by atoms with E-state index in [0.29, 0.717) is 6.42 Å². The Balaban J connectivity index is 2.56. The fourth-order valence-electron chi connectivity index (χ4n) is 1.61. The first kappa shape index (κ1) is 13.2. The highest BCUT2D eigenvalue weighted by molar-refractivity contribution is 5.94. The molecule has 1 rings (SSSR count). The van der Waals surface area contributed by atoms with Crippen molar-refractivity contribution in [3.8, 4) is 6.07 Å². The van der Waals surface area contributed by atoms with Crippen molar-refractivity contribution in [3.63, 3.8) is 0 Å². The maximum absolute atomic E-state index is 11.7. The monoisotopic (exact) mass is 236 g/mol. The Morgan fingerprint density at radius 3 is 2.59 bits per heavy atom. The van der Waals surface area contributed by atoms with E-state index in [1.54, 1.807) is 0 Å². The van der Waals surface area contributed by atoms with Gasteiger partial charge in [0.05, 0.1) is 6.07 Å². The maximum Gasteiger partial charge on any atom is 0.352 e. The Hall–Kier alpha value is -1.83. The summed E-state index contributed by atoms with van der Waals surface area (Å²) in [6, 6.07) is 1.91. The molecular formula is C12H16N2O3. The summed E-state index contributed by atoms with van der Waals surface area (Å²) >= 11 is 0. The Bertz CT molecular complexity index is 404. The standard InChI is InChI=1S/C12H16N2O3/c1-12(2)7-8(12)10(15)14-9(11(16)17)5-3-4-6-13/h5,8H,3-4,7H2,1-2H3,(H,14,15)(H,16,17)/b9-5+. The first-order valence-corrected chi connectivity index (χ1v) is 5.50. The highest BCUT2D eigenvalue weighted by Gasteiger charge is 2.50. The lowest BCUT2D eigenvalue weighted by Crippen LogP contribution is -2.29. The fraction of sp³-hybridized carbons (Fsp3) is 0.583. The number of hydrogen-bond donors (Lipinski definition) is 2. The molecule has 0 aromatic heterocycles. The van der Waals surface area contributed by atoms with Gasteiger partial charge in [-0.15, -0.1) is 0 Å². The summed E-state index contributed by atoms with van der Waals surface area (Å²) < 4.78 is 0. The molecular weight excluding hydrogens is 220 g/mol. The van der Waals surface area contributed by atoms with Crippen LogP contribution in [0, 0.1) is 22.7 Å². The van der Waals surface area contributed by atoms with Gasteiger partial charge in [-0.05, 0) is 18.3 Å². The zero-order valence-electron chi connectivity index (χ0n) is 9.99. The summed E-state index contributed by atoms with van der Waals surface area (Å²) in [5, 5.41) is 19.6. The Labute approximate surface area is 100 Å². The number of nitriles is 1. The van der Waals surface area contributed by atoms with Crippen LogP contribution in [0.4, 0.5) is 0 Å². The minimum atomic E-state index is -1.17. The van der Waals surface area contributed by atoms with E-state index in [1.807, 2.05) is 19.9 Å². The molecule has 0 aromatic carbocycles. The van der Waals surface area contributed by atoms with Crippen molar-refractivity contribution in [1.29, 1.82) is 5.26 Å². The molecule has 1 unspecified atom stereocenters. The van der Waals surface area contributed by atoms with Crippen molar-refractivity contribution in [2.24, 2.45) is 11.3 Å². The van der Waals surface area contributed by atoms with Gasteiger partial charge in [-0.2, -0.15) is 5.26 Å². The van der Waals surface area contributed by atoms with Crippen molar-refractivity contribution in [1.82, 2.24) is 5.32 Å². The number of allylic oxidation sites excluding steroid dienone is 1. The number of hydrogen-bond acceptors (Lipinski definition) is 3. The molecule has 0 heterocycles. The predicted octanol–water partition coefficient (Wildman–Crippen LogP) is 1.42. The molecule has 5 heteroatoms. The van der Waals surface area contributed by atoms with Gasteiger partial charge >= 0.3 is 5.97 Å². The number of nitrogens with one attached hydrogen (secondary N) is 1. The van der Waals surface area contributed by atoms with Gasteiger partial charge in [0, 0.05) is 12.3 Å². The van der Waals surface area contributed by atoms with Crippen LogP contribution >= 0.6 is 0 Å². The molecule has 0 saturated heterocycles. The molecule has 1 atom stereocenters. The van der Waals surface area contributed by atoms with Gasteiger partial charge in [-0.3, -0.25) is 4.79 Å². The second kappa shape index (κ2) is 5.00. The number of rotatable bonds is 5. The Morgan fingerprint density at radius 1 is 1.59 bits per heavy atom. The molecule has 1 aliphatic carbocycles. The van der Waals surface area contributed by atoms with Gasteiger partial charge < -0.3 is 10.4 Å². The maximum atomic E-state index is 11.7. The topological polar surface area (TPSA) is 90.2 Å². The largest absolute Gasteiger partial charge is 0.477 e. The molecule has 1 fully saturated rings. The normalized spacial score (nSPS) is 21.5. The van der Waals surface area contributed by atoms with Crippen LogP contribution in [0.25, 0.3) is 0 Å². The number of carboxylic acid groups (broad SMARTS) is 1. The predicted molar refractivity (Wildman–Crippen MR) is 60.6 cm³/mol. The van der Waals surface area contributed by atoms with Crippen molar-refractivity contribution < 1.29 is 14.7 Å². The van der Waals surface area contributed by atoms with E-state index in [0.717, 1.165) is 6.42 Å². The number of unbranched alkanes of at least 4 members (excludes halogenated alkanes) is 1. The van der Waals surface area contributed by atoms with Crippen molar-refractivity contribution in [2.45, 2.75) is 33.1 Å². The van der Waals surface area contributed by atoms with E-state index in [1.165, 1.54) is 6.08 Å². The zero-order chi connectivity index (χ0) is 13.1. The molecule has 5 nitrogen and oxygen atoms in total. The summed E-state index contributed by atoms with van der Waals surface area (Å²) in [6.45, 7) is 3.94. The number of nitrogens with zero attached hydrogens (tertiary/aromatic N) is 1. The van der Waals surface area contributed by atoms with E-state index in [2.05, 4.69) is 5.32 Å². The zero-order valence-corrected chi connectivity index (χ0v) is 9.99. The SMILES string of the molecule is CC1(C)CC1C(=O)N/C(=C/CCC#N)C(=O)O. The van der Waals surface area contributed by atoms with Gasteiger partial charge in [0.1, 0.15) is 5.70 Å². The molecule has 1 amide bonds. The van der Waals surface area contributed by atoms with Crippen LogP contribution in [0.5, 0.6) is 0 Å². The van der Waals surface area contributed by atoms with Crippen LogP contribution in [0.3, 0.4) is 0 Å². The second-order valence-electron chi connectivity index (χ2n) is 4.85. The lowest BCUT2D eigenvalue weighted by molar-refractivity contribution is -0.135. The molecule has 92 valence electrons. The van der Waals surface area contributed by atoms with Crippen molar-refractivity contribution in [2.75, 3.05) is 0 Å². The van der Waals surface area contributed by atoms with Crippen LogP contribution in [0.2, 0.25) is 0 Å². The quantitative estimate of drug-likeness (QED) is 0.558. The molecule has 0 aromatic rings. The van der Waals surface area contributed by atoms with E-state index in [4.69, 9.17) is 10.4 Å². The van der Waals surface area contributed by atoms with E-state index < -0.39 is 5.97 Å².